The first kappa shape index (κ1) is 26.7. The number of amides is 1. The number of ketones is 1. The lowest BCUT2D eigenvalue weighted by molar-refractivity contribution is -0.140. The van der Waals surface area contributed by atoms with E-state index in [4.69, 9.17) is 0 Å². The molecule has 1 unspecified atom stereocenters. The summed E-state index contributed by atoms with van der Waals surface area (Å²) in [7, 11) is 0. The Morgan fingerprint density at radius 3 is 2.03 bits per heavy atom. The molecule has 1 heterocycles. The number of hydrogen-bond donors (Lipinski definition) is 1. The standard InChI is InChI=1S/C30H40N2O3/c1-4-7-19-31(20-8-5-2)21-12-22-32-27(24-17-15-23(6-3)16-18-24)26(29(34)30(32)35)28(33)25-13-10-9-11-14-25/h9-11,13-18,27,33H,4-8,12,19-22H2,1-3H3. The molecule has 2 aromatic rings. The van der Waals surface area contributed by atoms with Gasteiger partial charge in [-0.1, -0.05) is 88.2 Å². The maximum Gasteiger partial charge on any atom is 0.295 e. The van der Waals surface area contributed by atoms with Gasteiger partial charge in [0.1, 0.15) is 5.76 Å². The molecule has 35 heavy (non-hydrogen) atoms. The van der Waals surface area contributed by atoms with Crippen molar-refractivity contribution in [3.05, 3.63) is 76.9 Å². The molecule has 1 saturated heterocycles. The van der Waals surface area contributed by atoms with Gasteiger partial charge in [-0.3, -0.25) is 9.59 Å². The molecule has 0 aliphatic carbocycles. The summed E-state index contributed by atoms with van der Waals surface area (Å²) < 4.78 is 0. The predicted molar refractivity (Wildman–Crippen MR) is 142 cm³/mol. The predicted octanol–water partition coefficient (Wildman–Crippen LogP) is 5.96. The van der Waals surface area contributed by atoms with Gasteiger partial charge in [0, 0.05) is 12.1 Å². The normalized spacial score (nSPS) is 17.5. The minimum absolute atomic E-state index is 0.108. The molecule has 1 aliphatic heterocycles. The van der Waals surface area contributed by atoms with Crippen LogP contribution in [0.2, 0.25) is 0 Å². The molecule has 1 fully saturated rings. The summed E-state index contributed by atoms with van der Waals surface area (Å²) in [5, 5.41) is 11.1. The second-order valence-electron chi connectivity index (χ2n) is 9.36. The molecular weight excluding hydrogens is 436 g/mol. The highest BCUT2D eigenvalue weighted by atomic mass is 16.3. The fraction of sp³-hybridized carbons (Fsp3) is 0.467. The Kier molecular flexibility index (Phi) is 10.1. The van der Waals surface area contributed by atoms with Crippen LogP contribution in [0.5, 0.6) is 0 Å². The van der Waals surface area contributed by atoms with Crippen LogP contribution in [0.4, 0.5) is 0 Å². The zero-order chi connectivity index (χ0) is 25.2. The van der Waals surface area contributed by atoms with Crippen LogP contribution in [0.3, 0.4) is 0 Å². The van der Waals surface area contributed by atoms with Crippen molar-refractivity contribution in [2.75, 3.05) is 26.2 Å². The van der Waals surface area contributed by atoms with Crippen LogP contribution in [0.1, 0.15) is 75.6 Å². The molecule has 0 aromatic heterocycles. The van der Waals surface area contributed by atoms with Crippen molar-refractivity contribution in [1.29, 1.82) is 0 Å². The number of rotatable bonds is 13. The van der Waals surface area contributed by atoms with Crippen molar-refractivity contribution in [3.63, 3.8) is 0 Å². The minimum Gasteiger partial charge on any atom is -0.507 e. The van der Waals surface area contributed by atoms with E-state index in [-0.39, 0.29) is 11.3 Å². The Labute approximate surface area is 210 Å². The van der Waals surface area contributed by atoms with E-state index < -0.39 is 17.7 Å². The summed E-state index contributed by atoms with van der Waals surface area (Å²) >= 11 is 0. The number of aliphatic hydroxyl groups excluding tert-OH is 1. The fourth-order valence-electron chi connectivity index (χ4n) is 4.71. The first-order valence-corrected chi connectivity index (χ1v) is 13.2. The van der Waals surface area contributed by atoms with E-state index in [1.807, 2.05) is 42.5 Å². The lowest BCUT2D eigenvalue weighted by Crippen LogP contribution is -2.34. The molecule has 3 rings (SSSR count). The topological polar surface area (TPSA) is 60.9 Å². The number of nitrogens with zero attached hydrogens (tertiary/aromatic N) is 2. The van der Waals surface area contributed by atoms with E-state index in [1.54, 1.807) is 17.0 Å². The van der Waals surface area contributed by atoms with Crippen molar-refractivity contribution >= 4 is 17.4 Å². The second kappa shape index (κ2) is 13.2. The molecule has 5 nitrogen and oxygen atoms in total. The van der Waals surface area contributed by atoms with Gasteiger partial charge in [-0.15, -0.1) is 0 Å². The summed E-state index contributed by atoms with van der Waals surface area (Å²) in [5.41, 5.74) is 2.77. The lowest BCUT2D eigenvalue weighted by atomic mass is 9.94. The van der Waals surface area contributed by atoms with E-state index in [0.29, 0.717) is 12.1 Å². The van der Waals surface area contributed by atoms with Gasteiger partial charge in [-0.05, 0) is 56.4 Å². The first-order chi connectivity index (χ1) is 17.0. The molecule has 0 bridgehead atoms. The zero-order valence-electron chi connectivity index (χ0n) is 21.5. The minimum atomic E-state index is -0.607. The summed E-state index contributed by atoms with van der Waals surface area (Å²) in [6.45, 7) is 9.99. The van der Waals surface area contributed by atoms with E-state index in [1.165, 1.54) is 5.56 Å². The van der Waals surface area contributed by atoms with Crippen LogP contribution in [0.25, 0.3) is 5.76 Å². The summed E-state index contributed by atoms with van der Waals surface area (Å²) in [6.07, 6.45) is 6.34. The van der Waals surface area contributed by atoms with Gasteiger partial charge in [0.25, 0.3) is 11.7 Å². The third kappa shape index (κ3) is 6.61. The van der Waals surface area contributed by atoms with Crippen molar-refractivity contribution in [2.24, 2.45) is 0 Å². The molecule has 1 amide bonds. The van der Waals surface area contributed by atoms with E-state index in [2.05, 4.69) is 25.7 Å². The molecule has 1 aliphatic rings. The largest absolute Gasteiger partial charge is 0.507 e. The summed E-state index contributed by atoms with van der Waals surface area (Å²) in [5.74, 6) is -1.24. The van der Waals surface area contributed by atoms with Gasteiger partial charge < -0.3 is 14.9 Å². The van der Waals surface area contributed by atoms with Crippen LogP contribution in [-0.2, 0) is 16.0 Å². The Hall–Kier alpha value is -2.92. The van der Waals surface area contributed by atoms with Gasteiger partial charge in [-0.2, -0.15) is 0 Å². The Morgan fingerprint density at radius 2 is 1.46 bits per heavy atom. The number of benzene rings is 2. The quantitative estimate of drug-likeness (QED) is 0.220. The van der Waals surface area contributed by atoms with Crippen LogP contribution >= 0.6 is 0 Å². The van der Waals surface area contributed by atoms with Gasteiger partial charge in [0.15, 0.2) is 0 Å². The number of aliphatic hydroxyl groups is 1. The molecule has 5 heteroatoms. The summed E-state index contributed by atoms with van der Waals surface area (Å²) in [4.78, 5) is 30.5. The lowest BCUT2D eigenvalue weighted by Gasteiger charge is -2.27. The SMILES string of the molecule is CCCCN(CCCC)CCCN1C(=O)C(=O)C(=C(O)c2ccccc2)C1c1ccc(CC)cc1. The average molecular weight is 477 g/mol. The number of aryl methyl sites for hydroxylation is 1. The fourth-order valence-corrected chi connectivity index (χ4v) is 4.71. The molecular formula is C30H40N2O3. The van der Waals surface area contributed by atoms with Crippen LogP contribution in [-0.4, -0.2) is 52.8 Å². The highest BCUT2D eigenvalue weighted by Gasteiger charge is 2.45. The maximum atomic E-state index is 13.2. The van der Waals surface area contributed by atoms with Crippen molar-refractivity contribution in [1.82, 2.24) is 9.80 Å². The Morgan fingerprint density at radius 1 is 0.857 bits per heavy atom. The number of hydrogen-bond acceptors (Lipinski definition) is 4. The summed E-state index contributed by atoms with van der Waals surface area (Å²) in [6, 6.07) is 16.5. The molecule has 1 N–H and O–H groups in total. The molecule has 0 saturated carbocycles. The number of unbranched alkanes of at least 4 members (excludes halogenated alkanes) is 2. The molecule has 0 spiro atoms. The van der Waals surface area contributed by atoms with Gasteiger partial charge in [-0.25, -0.2) is 0 Å². The number of Topliss-reactive ketones (excluding diaryl/α,β-unsaturated/α-hetero) is 1. The van der Waals surface area contributed by atoms with Crippen LogP contribution in [0.15, 0.2) is 60.2 Å². The van der Waals surface area contributed by atoms with Crippen molar-refractivity contribution < 1.29 is 14.7 Å². The molecule has 1 atom stereocenters. The number of likely N-dealkylation sites (tertiary alicyclic amines) is 1. The van der Waals surface area contributed by atoms with Crippen LogP contribution in [0, 0.1) is 0 Å². The number of carbonyl (C=O) groups is 2. The highest BCUT2D eigenvalue weighted by Crippen LogP contribution is 2.39. The van der Waals surface area contributed by atoms with Gasteiger partial charge in [0.05, 0.1) is 11.6 Å². The maximum absolute atomic E-state index is 13.2. The monoisotopic (exact) mass is 476 g/mol. The highest BCUT2D eigenvalue weighted by molar-refractivity contribution is 6.46. The van der Waals surface area contributed by atoms with E-state index in [0.717, 1.165) is 63.7 Å². The molecule has 188 valence electrons. The Bertz CT molecular complexity index is 990. The molecule has 0 radical (unpaired) electrons. The van der Waals surface area contributed by atoms with Crippen LogP contribution < -0.4 is 0 Å². The van der Waals surface area contributed by atoms with Gasteiger partial charge >= 0.3 is 0 Å². The second-order valence-corrected chi connectivity index (χ2v) is 9.36. The average Bonchev–Trinajstić information content (AvgIpc) is 3.15. The van der Waals surface area contributed by atoms with E-state index >= 15 is 0 Å². The van der Waals surface area contributed by atoms with E-state index in [9.17, 15) is 14.7 Å². The van der Waals surface area contributed by atoms with Crippen molar-refractivity contribution in [2.45, 2.75) is 65.3 Å². The zero-order valence-corrected chi connectivity index (χ0v) is 21.5. The first-order valence-electron chi connectivity index (χ1n) is 13.2. The van der Waals surface area contributed by atoms with Gasteiger partial charge in [0.2, 0.25) is 0 Å². The number of carbonyl (C=O) groups excluding carboxylic acids is 2. The third-order valence-electron chi connectivity index (χ3n) is 6.82. The van der Waals surface area contributed by atoms with Crippen molar-refractivity contribution in [3.8, 4) is 0 Å². The molecule has 2 aromatic carbocycles. The third-order valence-corrected chi connectivity index (χ3v) is 6.82. The smallest absolute Gasteiger partial charge is 0.295 e. The Balaban J connectivity index is 1.89.